The summed E-state index contributed by atoms with van der Waals surface area (Å²) in [6, 6.07) is 6.34. The standard InChI is InChI=1S/C13H16BrN3OS/c1-8(2)15-7-12-16-17-13(19-12)10-5-4-9(14)6-11(10)18-3/h4-6,8,15H,7H2,1-3H3. The minimum Gasteiger partial charge on any atom is -0.496 e. The summed E-state index contributed by atoms with van der Waals surface area (Å²) in [5.74, 6) is 0.800. The molecule has 0 aliphatic rings. The molecule has 0 aliphatic heterocycles. The Balaban J connectivity index is 2.22. The predicted molar refractivity (Wildman–Crippen MR) is 81.6 cm³/mol. The molecule has 0 radical (unpaired) electrons. The van der Waals surface area contributed by atoms with Crippen molar-refractivity contribution in [2.24, 2.45) is 0 Å². The average molecular weight is 342 g/mol. The number of nitrogens with one attached hydrogen (secondary N) is 1. The molecule has 0 saturated carbocycles. The normalized spacial score (nSPS) is 11.0. The molecule has 6 heteroatoms. The highest BCUT2D eigenvalue weighted by molar-refractivity contribution is 9.10. The van der Waals surface area contributed by atoms with Crippen LogP contribution < -0.4 is 10.1 Å². The van der Waals surface area contributed by atoms with Crippen molar-refractivity contribution >= 4 is 27.3 Å². The second-order valence-corrected chi connectivity index (χ2v) is 6.36. The Hall–Kier alpha value is -0.980. The second-order valence-electron chi connectivity index (χ2n) is 4.38. The van der Waals surface area contributed by atoms with Gasteiger partial charge in [-0.1, -0.05) is 41.1 Å². The summed E-state index contributed by atoms with van der Waals surface area (Å²) >= 11 is 5.02. The first-order valence-electron chi connectivity index (χ1n) is 6.00. The van der Waals surface area contributed by atoms with Crippen LogP contribution in [0, 0.1) is 0 Å². The van der Waals surface area contributed by atoms with Gasteiger partial charge in [0, 0.05) is 17.1 Å². The van der Waals surface area contributed by atoms with Crippen molar-refractivity contribution in [3.63, 3.8) is 0 Å². The Kier molecular flexibility index (Phi) is 4.90. The summed E-state index contributed by atoms with van der Waals surface area (Å²) in [5, 5.41) is 13.6. The fraction of sp³-hybridized carbons (Fsp3) is 0.385. The molecule has 4 nitrogen and oxygen atoms in total. The van der Waals surface area contributed by atoms with Gasteiger partial charge in [-0.3, -0.25) is 0 Å². The van der Waals surface area contributed by atoms with Gasteiger partial charge >= 0.3 is 0 Å². The molecule has 0 unspecified atom stereocenters. The van der Waals surface area contributed by atoms with Gasteiger partial charge in [-0.05, 0) is 18.2 Å². The molecule has 1 N–H and O–H groups in total. The molecule has 0 saturated heterocycles. The van der Waals surface area contributed by atoms with E-state index in [1.165, 1.54) is 0 Å². The van der Waals surface area contributed by atoms with Gasteiger partial charge in [0.15, 0.2) is 5.01 Å². The Labute approximate surface area is 125 Å². The average Bonchev–Trinajstić information content (AvgIpc) is 2.84. The highest BCUT2D eigenvalue weighted by atomic mass is 79.9. The molecule has 2 rings (SSSR count). The quantitative estimate of drug-likeness (QED) is 0.904. The molecule has 0 atom stereocenters. The lowest BCUT2D eigenvalue weighted by Gasteiger charge is -2.05. The summed E-state index contributed by atoms with van der Waals surface area (Å²) in [5.41, 5.74) is 0.971. The maximum Gasteiger partial charge on any atom is 0.151 e. The largest absolute Gasteiger partial charge is 0.496 e. The number of methoxy groups -OCH3 is 1. The van der Waals surface area contributed by atoms with Crippen LogP contribution in [0.2, 0.25) is 0 Å². The Morgan fingerprint density at radius 2 is 2.16 bits per heavy atom. The number of benzene rings is 1. The number of hydrogen-bond donors (Lipinski definition) is 1. The van der Waals surface area contributed by atoms with Crippen LogP contribution in [0.3, 0.4) is 0 Å². The fourth-order valence-electron chi connectivity index (χ4n) is 1.57. The topological polar surface area (TPSA) is 47.0 Å². The molecule has 2 aromatic rings. The van der Waals surface area contributed by atoms with E-state index in [9.17, 15) is 0 Å². The van der Waals surface area contributed by atoms with Crippen LogP contribution >= 0.6 is 27.3 Å². The number of halogens is 1. The summed E-state index contributed by atoms with van der Waals surface area (Å²) in [7, 11) is 1.66. The predicted octanol–water partition coefficient (Wildman–Crippen LogP) is 3.47. The second kappa shape index (κ2) is 6.45. The molecular formula is C13H16BrN3OS. The van der Waals surface area contributed by atoms with Crippen molar-refractivity contribution in [1.82, 2.24) is 15.5 Å². The van der Waals surface area contributed by atoms with E-state index in [4.69, 9.17) is 4.74 Å². The monoisotopic (exact) mass is 341 g/mol. The van der Waals surface area contributed by atoms with Crippen molar-refractivity contribution < 1.29 is 4.74 Å². The van der Waals surface area contributed by atoms with Gasteiger partial charge in [0.25, 0.3) is 0 Å². The Bertz CT molecular complexity index is 557. The van der Waals surface area contributed by atoms with Crippen LogP contribution in [0.25, 0.3) is 10.6 Å². The van der Waals surface area contributed by atoms with Crippen molar-refractivity contribution in [3.8, 4) is 16.3 Å². The summed E-state index contributed by atoms with van der Waals surface area (Å²) in [6.07, 6.45) is 0. The van der Waals surface area contributed by atoms with Crippen LogP contribution in [-0.2, 0) is 6.54 Å². The van der Waals surface area contributed by atoms with Gasteiger partial charge in [0.05, 0.1) is 12.7 Å². The van der Waals surface area contributed by atoms with Crippen molar-refractivity contribution in [3.05, 3.63) is 27.7 Å². The maximum absolute atomic E-state index is 5.38. The third-order valence-electron chi connectivity index (χ3n) is 2.52. The first-order valence-corrected chi connectivity index (χ1v) is 7.60. The first kappa shape index (κ1) is 14.4. The van der Waals surface area contributed by atoms with E-state index in [2.05, 4.69) is 45.3 Å². The van der Waals surface area contributed by atoms with Gasteiger partial charge in [-0.2, -0.15) is 0 Å². The van der Waals surface area contributed by atoms with E-state index < -0.39 is 0 Å². The zero-order valence-corrected chi connectivity index (χ0v) is 13.5. The van der Waals surface area contributed by atoms with Crippen LogP contribution in [0.1, 0.15) is 18.9 Å². The van der Waals surface area contributed by atoms with Crippen LogP contribution in [0.15, 0.2) is 22.7 Å². The molecule has 0 amide bonds. The van der Waals surface area contributed by atoms with Gasteiger partial charge in [-0.25, -0.2) is 0 Å². The number of aromatic nitrogens is 2. The molecule has 0 aliphatic carbocycles. The molecule has 0 fully saturated rings. The molecule has 0 bridgehead atoms. The maximum atomic E-state index is 5.38. The van der Waals surface area contributed by atoms with E-state index in [0.717, 1.165) is 32.3 Å². The molecular weight excluding hydrogens is 326 g/mol. The number of ether oxygens (including phenoxy) is 1. The molecule has 0 spiro atoms. The highest BCUT2D eigenvalue weighted by Crippen LogP contribution is 2.34. The molecule has 19 heavy (non-hydrogen) atoms. The zero-order chi connectivity index (χ0) is 13.8. The lowest BCUT2D eigenvalue weighted by Crippen LogP contribution is -2.21. The fourth-order valence-corrected chi connectivity index (χ4v) is 2.73. The SMILES string of the molecule is COc1cc(Br)ccc1-c1nnc(CNC(C)C)s1. The van der Waals surface area contributed by atoms with Gasteiger partial charge in [0.2, 0.25) is 0 Å². The third-order valence-corrected chi connectivity index (χ3v) is 3.97. The smallest absolute Gasteiger partial charge is 0.151 e. The van der Waals surface area contributed by atoms with E-state index >= 15 is 0 Å². The molecule has 1 aromatic heterocycles. The summed E-state index contributed by atoms with van der Waals surface area (Å²) < 4.78 is 6.37. The molecule has 1 heterocycles. The van der Waals surface area contributed by atoms with E-state index in [1.807, 2.05) is 18.2 Å². The summed E-state index contributed by atoms with van der Waals surface area (Å²) in [6.45, 7) is 4.97. The minimum absolute atomic E-state index is 0.439. The van der Waals surface area contributed by atoms with Gasteiger partial charge < -0.3 is 10.1 Å². The lowest BCUT2D eigenvalue weighted by molar-refractivity contribution is 0.416. The molecule has 1 aromatic carbocycles. The highest BCUT2D eigenvalue weighted by Gasteiger charge is 2.12. The van der Waals surface area contributed by atoms with Crippen molar-refractivity contribution in [1.29, 1.82) is 0 Å². The summed E-state index contributed by atoms with van der Waals surface area (Å²) in [4.78, 5) is 0. The van der Waals surface area contributed by atoms with E-state index in [1.54, 1.807) is 18.4 Å². The van der Waals surface area contributed by atoms with E-state index in [0.29, 0.717) is 6.04 Å². The minimum atomic E-state index is 0.439. The Morgan fingerprint density at radius 1 is 1.37 bits per heavy atom. The lowest BCUT2D eigenvalue weighted by atomic mass is 10.2. The number of nitrogens with zero attached hydrogens (tertiary/aromatic N) is 2. The zero-order valence-electron chi connectivity index (χ0n) is 11.1. The molecule has 102 valence electrons. The third kappa shape index (κ3) is 3.75. The first-order chi connectivity index (χ1) is 9.10. The van der Waals surface area contributed by atoms with Gasteiger partial charge in [-0.15, -0.1) is 10.2 Å². The number of hydrogen-bond acceptors (Lipinski definition) is 5. The number of rotatable bonds is 5. The Morgan fingerprint density at radius 3 is 2.84 bits per heavy atom. The van der Waals surface area contributed by atoms with Crippen molar-refractivity contribution in [2.45, 2.75) is 26.4 Å². The van der Waals surface area contributed by atoms with Crippen molar-refractivity contribution in [2.75, 3.05) is 7.11 Å². The van der Waals surface area contributed by atoms with Crippen LogP contribution in [-0.4, -0.2) is 23.3 Å². The van der Waals surface area contributed by atoms with Crippen LogP contribution in [0.4, 0.5) is 0 Å². The van der Waals surface area contributed by atoms with E-state index in [-0.39, 0.29) is 0 Å². The van der Waals surface area contributed by atoms with Gasteiger partial charge in [0.1, 0.15) is 10.8 Å². The van der Waals surface area contributed by atoms with Crippen LogP contribution in [0.5, 0.6) is 5.75 Å².